The standard InChI is InChI=1S/C16H14I2N2O3/c1-3-5-20-15(21)13(19-16(20)22)9-10-7-11(17)14(12(18)8-10)23-6-4-2/h3-4,7-9H,1-2,5-6H2,(H,19,22)/b13-9+. The fraction of sp³-hybridized carbons (Fsp3) is 0.125. The van der Waals surface area contributed by atoms with Gasteiger partial charge < -0.3 is 10.1 Å². The molecule has 0 saturated carbocycles. The largest absolute Gasteiger partial charge is 0.487 e. The maximum atomic E-state index is 12.2. The Morgan fingerprint density at radius 1 is 1.17 bits per heavy atom. The second kappa shape index (κ2) is 7.95. The highest BCUT2D eigenvalue weighted by Crippen LogP contribution is 2.30. The van der Waals surface area contributed by atoms with E-state index < -0.39 is 6.03 Å². The van der Waals surface area contributed by atoms with E-state index in [4.69, 9.17) is 4.74 Å². The summed E-state index contributed by atoms with van der Waals surface area (Å²) in [6.07, 6.45) is 4.85. The van der Waals surface area contributed by atoms with Crippen molar-refractivity contribution in [1.29, 1.82) is 0 Å². The van der Waals surface area contributed by atoms with Gasteiger partial charge in [0.25, 0.3) is 5.91 Å². The molecule has 3 amide bonds. The van der Waals surface area contributed by atoms with Gasteiger partial charge >= 0.3 is 6.03 Å². The van der Waals surface area contributed by atoms with E-state index in [0.717, 1.165) is 23.4 Å². The van der Waals surface area contributed by atoms with Crippen molar-refractivity contribution in [2.24, 2.45) is 0 Å². The number of nitrogens with one attached hydrogen (secondary N) is 1. The Hall–Kier alpha value is -1.36. The lowest BCUT2D eigenvalue weighted by molar-refractivity contribution is -0.122. The number of ether oxygens (including phenoxy) is 1. The molecule has 5 nitrogen and oxygen atoms in total. The molecule has 0 atom stereocenters. The van der Waals surface area contributed by atoms with Crippen LogP contribution in [0.4, 0.5) is 4.79 Å². The maximum absolute atomic E-state index is 12.2. The molecule has 7 heteroatoms. The number of carbonyl (C=O) groups excluding carboxylic acids is 2. The molecule has 1 aromatic rings. The van der Waals surface area contributed by atoms with Crippen LogP contribution in [0.15, 0.2) is 43.1 Å². The minimum Gasteiger partial charge on any atom is -0.487 e. The number of halogens is 2. The van der Waals surface area contributed by atoms with Gasteiger partial charge in [-0.05, 0) is 69.0 Å². The van der Waals surface area contributed by atoms with Crippen LogP contribution in [-0.4, -0.2) is 30.0 Å². The first-order chi connectivity index (χ1) is 11.0. The van der Waals surface area contributed by atoms with E-state index >= 15 is 0 Å². The summed E-state index contributed by atoms with van der Waals surface area (Å²) in [5.41, 5.74) is 1.07. The number of urea groups is 1. The Labute approximate surface area is 161 Å². The molecule has 0 aromatic heterocycles. The molecule has 23 heavy (non-hydrogen) atoms. The number of rotatable bonds is 6. The minimum absolute atomic E-state index is 0.186. The lowest BCUT2D eigenvalue weighted by atomic mass is 10.2. The van der Waals surface area contributed by atoms with E-state index in [1.807, 2.05) is 12.1 Å². The quantitative estimate of drug-likeness (QED) is 0.262. The van der Waals surface area contributed by atoms with E-state index in [1.54, 1.807) is 12.2 Å². The number of hydrogen-bond acceptors (Lipinski definition) is 3. The number of hydrogen-bond donors (Lipinski definition) is 1. The summed E-state index contributed by atoms with van der Waals surface area (Å²) in [6.45, 7) is 7.79. The predicted molar refractivity (Wildman–Crippen MR) is 106 cm³/mol. The molecule has 1 saturated heterocycles. The van der Waals surface area contributed by atoms with Crippen molar-refractivity contribution in [3.05, 3.63) is 55.8 Å². The second-order valence-corrected chi connectivity index (χ2v) is 6.93. The first-order valence-electron chi connectivity index (χ1n) is 6.66. The van der Waals surface area contributed by atoms with Gasteiger partial charge in [0.15, 0.2) is 0 Å². The highest BCUT2D eigenvalue weighted by molar-refractivity contribution is 14.1. The Morgan fingerprint density at radius 3 is 2.39 bits per heavy atom. The van der Waals surface area contributed by atoms with Crippen molar-refractivity contribution < 1.29 is 14.3 Å². The summed E-state index contributed by atoms with van der Waals surface area (Å²) in [7, 11) is 0. The number of carbonyl (C=O) groups is 2. The Morgan fingerprint density at radius 2 is 1.83 bits per heavy atom. The molecule has 0 bridgehead atoms. The monoisotopic (exact) mass is 536 g/mol. The molecule has 0 spiro atoms. The van der Waals surface area contributed by atoms with Crippen molar-refractivity contribution in [3.8, 4) is 5.75 Å². The van der Waals surface area contributed by atoms with Crippen LogP contribution in [0.3, 0.4) is 0 Å². The van der Waals surface area contributed by atoms with E-state index in [0.29, 0.717) is 6.61 Å². The molecule has 1 heterocycles. The molecule has 0 unspecified atom stereocenters. The minimum atomic E-state index is -0.434. The van der Waals surface area contributed by atoms with Crippen LogP contribution in [0.1, 0.15) is 5.56 Å². The molecule has 2 rings (SSSR count). The summed E-state index contributed by atoms with van der Waals surface area (Å²) in [5, 5.41) is 2.58. The smallest absolute Gasteiger partial charge is 0.329 e. The average molecular weight is 536 g/mol. The zero-order valence-corrected chi connectivity index (χ0v) is 16.5. The fourth-order valence-electron chi connectivity index (χ4n) is 1.98. The molecular weight excluding hydrogens is 522 g/mol. The number of nitrogens with zero attached hydrogens (tertiary/aromatic N) is 1. The van der Waals surface area contributed by atoms with E-state index in [1.165, 1.54) is 6.08 Å². The van der Waals surface area contributed by atoms with Crippen molar-refractivity contribution in [3.63, 3.8) is 0 Å². The van der Waals surface area contributed by atoms with E-state index in [9.17, 15) is 9.59 Å². The van der Waals surface area contributed by atoms with Crippen LogP contribution in [0.2, 0.25) is 0 Å². The van der Waals surface area contributed by atoms with Gasteiger partial charge in [-0.25, -0.2) is 4.79 Å². The number of benzene rings is 1. The van der Waals surface area contributed by atoms with Gasteiger partial charge in [0.1, 0.15) is 18.1 Å². The highest BCUT2D eigenvalue weighted by atomic mass is 127. The number of amides is 3. The third-order valence-electron chi connectivity index (χ3n) is 2.95. The zero-order valence-electron chi connectivity index (χ0n) is 12.1. The molecule has 1 aromatic carbocycles. The van der Waals surface area contributed by atoms with E-state index in [-0.39, 0.29) is 18.1 Å². The van der Waals surface area contributed by atoms with Crippen LogP contribution in [0.5, 0.6) is 5.75 Å². The summed E-state index contributed by atoms with van der Waals surface area (Å²) in [6, 6.07) is 3.35. The van der Waals surface area contributed by atoms with Gasteiger partial charge in [0, 0.05) is 6.54 Å². The molecule has 1 aliphatic rings. The first kappa shape index (κ1) is 18.0. The molecule has 1 aliphatic heterocycles. The number of imide groups is 1. The van der Waals surface area contributed by atoms with Crippen LogP contribution < -0.4 is 10.1 Å². The second-order valence-electron chi connectivity index (χ2n) is 4.61. The van der Waals surface area contributed by atoms with Crippen molar-refractivity contribution in [2.45, 2.75) is 0 Å². The van der Waals surface area contributed by atoms with Crippen molar-refractivity contribution >= 4 is 63.2 Å². The van der Waals surface area contributed by atoms with Gasteiger partial charge in [-0.1, -0.05) is 18.7 Å². The SMILES string of the molecule is C=CCOc1c(I)cc(/C=C2/NC(=O)N(CC=C)C2=O)cc1I. The first-order valence-corrected chi connectivity index (χ1v) is 8.81. The Balaban J connectivity index is 2.30. The van der Waals surface area contributed by atoms with Gasteiger partial charge in [-0.15, -0.1) is 6.58 Å². The van der Waals surface area contributed by atoms with Crippen LogP contribution in [0.25, 0.3) is 6.08 Å². The van der Waals surface area contributed by atoms with Gasteiger partial charge in [0.05, 0.1) is 7.14 Å². The maximum Gasteiger partial charge on any atom is 0.329 e. The lowest BCUT2D eigenvalue weighted by Crippen LogP contribution is -2.30. The Kier molecular flexibility index (Phi) is 6.22. The van der Waals surface area contributed by atoms with Crippen LogP contribution in [-0.2, 0) is 4.79 Å². The normalized spacial score (nSPS) is 15.7. The van der Waals surface area contributed by atoms with Crippen molar-refractivity contribution in [1.82, 2.24) is 10.2 Å². The third-order valence-corrected chi connectivity index (χ3v) is 4.55. The Bertz CT molecular complexity index is 690. The molecule has 1 fully saturated rings. The summed E-state index contributed by atoms with van der Waals surface area (Å²) >= 11 is 4.35. The molecule has 0 radical (unpaired) electrons. The van der Waals surface area contributed by atoms with Gasteiger partial charge in [-0.3, -0.25) is 9.69 Å². The molecule has 1 N–H and O–H groups in total. The zero-order chi connectivity index (χ0) is 17.0. The van der Waals surface area contributed by atoms with Gasteiger partial charge in [-0.2, -0.15) is 0 Å². The topological polar surface area (TPSA) is 58.6 Å². The predicted octanol–water partition coefficient (Wildman–Crippen LogP) is 3.54. The summed E-state index contributed by atoms with van der Waals surface area (Å²) in [5.74, 6) is 0.426. The summed E-state index contributed by atoms with van der Waals surface area (Å²) < 4.78 is 7.46. The summed E-state index contributed by atoms with van der Waals surface area (Å²) in [4.78, 5) is 25.0. The third kappa shape index (κ3) is 4.14. The lowest BCUT2D eigenvalue weighted by Gasteiger charge is -2.10. The molecule has 120 valence electrons. The van der Waals surface area contributed by atoms with Crippen LogP contribution in [0, 0.1) is 7.14 Å². The van der Waals surface area contributed by atoms with Gasteiger partial charge in [0.2, 0.25) is 0 Å². The fourth-order valence-corrected chi connectivity index (χ4v) is 4.10. The highest BCUT2D eigenvalue weighted by Gasteiger charge is 2.32. The molecular formula is C16H14I2N2O3. The van der Waals surface area contributed by atoms with E-state index in [2.05, 4.69) is 63.7 Å². The van der Waals surface area contributed by atoms with Crippen LogP contribution >= 0.6 is 45.2 Å². The molecule has 0 aliphatic carbocycles. The van der Waals surface area contributed by atoms with Crippen molar-refractivity contribution in [2.75, 3.05) is 13.2 Å². The average Bonchev–Trinajstić information content (AvgIpc) is 2.74.